The molecule has 0 bridgehead atoms. The topological polar surface area (TPSA) is 69.6 Å². The van der Waals surface area contributed by atoms with Crippen LogP contribution in [0.25, 0.3) is 0 Å². The highest BCUT2D eigenvalue weighted by Crippen LogP contribution is 2.12. The number of unbranched alkanes of at least 4 members (excludes halogenated alkanes) is 12. The van der Waals surface area contributed by atoms with Crippen LogP contribution in [-0.4, -0.2) is 35.4 Å². The molecule has 1 atom stereocenters. The van der Waals surface area contributed by atoms with Crippen LogP contribution in [-0.2, 0) is 4.79 Å². The van der Waals surface area contributed by atoms with Crippen molar-refractivity contribution in [1.82, 2.24) is 5.32 Å². The predicted octanol–water partition coefficient (Wildman–Crippen LogP) is 3.94. The zero-order valence-corrected chi connectivity index (χ0v) is 15.2. The van der Waals surface area contributed by atoms with Gasteiger partial charge in [0.05, 0.1) is 19.1 Å². The van der Waals surface area contributed by atoms with Gasteiger partial charge in [-0.1, -0.05) is 84.0 Å². The molecule has 0 aliphatic carbocycles. The maximum atomic E-state index is 11.3. The third kappa shape index (κ3) is 17.6. The number of nitrogens with one attached hydrogen (secondary N) is 1. The van der Waals surface area contributed by atoms with Gasteiger partial charge in [-0.3, -0.25) is 4.79 Å². The van der Waals surface area contributed by atoms with Crippen LogP contribution < -0.4 is 5.32 Å². The van der Waals surface area contributed by atoms with E-state index in [4.69, 9.17) is 10.2 Å². The molecule has 0 rings (SSSR count). The van der Waals surface area contributed by atoms with E-state index >= 15 is 0 Å². The van der Waals surface area contributed by atoms with Crippen molar-refractivity contribution >= 4 is 5.91 Å². The van der Waals surface area contributed by atoms with Gasteiger partial charge in [-0.05, 0) is 6.42 Å². The lowest BCUT2D eigenvalue weighted by atomic mass is 10.0. The number of hydrogen-bond acceptors (Lipinski definition) is 3. The van der Waals surface area contributed by atoms with E-state index in [1.54, 1.807) is 0 Å². The largest absolute Gasteiger partial charge is 0.394 e. The van der Waals surface area contributed by atoms with Crippen LogP contribution in [0, 0.1) is 0 Å². The Morgan fingerprint density at radius 1 is 0.826 bits per heavy atom. The third-order valence-electron chi connectivity index (χ3n) is 4.23. The van der Waals surface area contributed by atoms with Gasteiger partial charge in [0.15, 0.2) is 0 Å². The van der Waals surface area contributed by atoms with Crippen molar-refractivity contribution in [3.05, 3.63) is 0 Å². The number of carbonyl (C=O) groups is 1. The van der Waals surface area contributed by atoms with E-state index in [0.717, 1.165) is 12.8 Å². The van der Waals surface area contributed by atoms with Gasteiger partial charge in [0.1, 0.15) is 0 Å². The molecule has 0 spiro atoms. The second-order valence-electron chi connectivity index (χ2n) is 6.63. The lowest BCUT2D eigenvalue weighted by Crippen LogP contribution is -2.29. The summed E-state index contributed by atoms with van der Waals surface area (Å²) >= 11 is 0. The number of aliphatic hydroxyl groups is 2. The second-order valence-corrected chi connectivity index (χ2v) is 6.63. The Labute approximate surface area is 143 Å². The van der Waals surface area contributed by atoms with E-state index in [-0.39, 0.29) is 18.9 Å². The third-order valence-corrected chi connectivity index (χ3v) is 4.23. The van der Waals surface area contributed by atoms with E-state index in [0.29, 0.717) is 6.54 Å². The van der Waals surface area contributed by atoms with Crippen molar-refractivity contribution in [1.29, 1.82) is 0 Å². The van der Waals surface area contributed by atoms with Crippen LogP contribution in [0.15, 0.2) is 0 Å². The molecule has 0 radical (unpaired) electrons. The minimum Gasteiger partial charge on any atom is -0.394 e. The van der Waals surface area contributed by atoms with Gasteiger partial charge >= 0.3 is 0 Å². The van der Waals surface area contributed by atoms with Crippen LogP contribution in [0.5, 0.6) is 0 Å². The highest BCUT2D eigenvalue weighted by Gasteiger charge is 2.08. The summed E-state index contributed by atoms with van der Waals surface area (Å²) in [5.41, 5.74) is 0. The summed E-state index contributed by atoms with van der Waals surface area (Å²) in [6.07, 6.45) is 16.2. The number of carbonyl (C=O) groups excluding carboxylic acids is 1. The van der Waals surface area contributed by atoms with Crippen molar-refractivity contribution in [3.8, 4) is 0 Å². The van der Waals surface area contributed by atoms with Gasteiger partial charge in [-0.2, -0.15) is 0 Å². The smallest absolute Gasteiger partial charge is 0.222 e. The summed E-state index contributed by atoms with van der Waals surface area (Å²) in [7, 11) is 0. The zero-order valence-electron chi connectivity index (χ0n) is 15.2. The van der Waals surface area contributed by atoms with E-state index in [1.807, 2.05) is 0 Å². The Bertz CT molecular complexity index is 259. The summed E-state index contributed by atoms with van der Waals surface area (Å²) in [5, 5.41) is 20.6. The first-order chi connectivity index (χ1) is 11.2. The Kier molecular flexibility index (Phi) is 17.3. The summed E-state index contributed by atoms with van der Waals surface area (Å²) in [5.74, 6) is -0.175. The molecule has 0 unspecified atom stereocenters. The lowest BCUT2D eigenvalue weighted by molar-refractivity contribution is -0.123. The van der Waals surface area contributed by atoms with Crippen LogP contribution in [0.2, 0.25) is 0 Å². The van der Waals surface area contributed by atoms with Crippen molar-refractivity contribution in [2.75, 3.05) is 13.2 Å². The summed E-state index contributed by atoms with van der Waals surface area (Å²) in [6.45, 7) is 2.58. The molecule has 0 aliphatic heterocycles. The molecule has 138 valence electrons. The van der Waals surface area contributed by atoms with E-state index in [2.05, 4.69) is 12.2 Å². The number of amides is 1. The van der Waals surface area contributed by atoms with Crippen molar-refractivity contribution < 1.29 is 15.0 Å². The molecule has 0 fully saturated rings. The van der Waals surface area contributed by atoms with Gasteiger partial charge in [0, 0.05) is 6.54 Å². The van der Waals surface area contributed by atoms with Crippen LogP contribution in [0.3, 0.4) is 0 Å². The molecule has 3 N–H and O–H groups in total. The van der Waals surface area contributed by atoms with E-state index < -0.39 is 6.10 Å². The molecule has 0 aromatic heterocycles. The maximum absolute atomic E-state index is 11.3. The Balaban J connectivity index is 3.12. The lowest BCUT2D eigenvalue weighted by Gasteiger charge is -2.08. The van der Waals surface area contributed by atoms with Gasteiger partial charge in [0.2, 0.25) is 5.91 Å². The molecular formula is C19H39NO3. The average Bonchev–Trinajstić information content (AvgIpc) is 2.55. The Morgan fingerprint density at radius 2 is 1.26 bits per heavy atom. The molecule has 4 heteroatoms. The SMILES string of the molecule is CCCCCCCCCCCCCCCNC(=O)C[C@H](O)CO. The number of hydrogen-bond donors (Lipinski definition) is 3. The van der Waals surface area contributed by atoms with Crippen LogP contribution >= 0.6 is 0 Å². The first-order valence-electron chi connectivity index (χ1n) is 9.76. The first kappa shape index (κ1) is 22.4. The predicted molar refractivity (Wildman–Crippen MR) is 96.4 cm³/mol. The van der Waals surface area contributed by atoms with Gasteiger partial charge in [0.25, 0.3) is 0 Å². The van der Waals surface area contributed by atoms with Gasteiger partial charge < -0.3 is 15.5 Å². The summed E-state index contributed by atoms with van der Waals surface area (Å²) < 4.78 is 0. The summed E-state index contributed by atoms with van der Waals surface area (Å²) in [6, 6.07) is 0. The number of rotatable bonds is 17. The minimum atomic E-state index is -0.929. The molecule has 0 aromatic carbocycles. The molecule has 23 heavy (non-hydrogen) atoms. The van der Waals surface area contributed by atoms with Crippen LogP contribution in [0.1, 0.15) is 96.8 Å². The second kappa shape index (κ2) is 17.7. The molecule has 1 amide bonds. The fourth-order valence-electron chi connectivity index (χ4n) is 2.72. The molecule has 0 aromatic rings. The van der Waals surface area contributed by atoms with Gasteiger partial charge in [-0.15, -0.1) is 0 Å². The minimum absolute atomic E-state index is 0.00502. The molecular weight excluding hydrogens is 290 g/mol. The molecule has 0 saturated carbocycles. The fraction of sp³-hybridized carbons (Fsp3) is 0.947. The normalized spacial score (nSPS) is 12.3. The van der Waals surface area contributed by atoms with Crippen molar-refractivity contribution in [3.63, 3.8) is 0 Å². The Hall–Kier alpha value is -0.610. The maximum Gasteiger partial charge on any atom is 0.222 e. The molecule has 0 saturated heterocycles. The summed E-state index contributed by atoms with van der Waals surface area (Å²) in [4.78, 5) is 11.3. The van der Waals surface area contributed by atoms with Crippen molar-refractivity contribution in [2.45, 2.75) is 103 Å². The Morgan fingerprint density at radius 3 is 1.70 bits per heavy atom. The molecule has 4 nitrogen and oxygen atoms in total. The van der Waals surface area contributed by atoms with Crippen LogP contribution in [0.4, 0.5) is 0 Å². The quantitative estimate of drug-likeness (QED) is 0.354. The molecule has 0 heterocycles. The van der Waals surface area contributed by atoms with Gasteiger partial charge in [-0.25, -0.2) is 0 Å². The zero-order chi connectivity index (χ0) is 17.2. The van der Waals surface area contributed by atoms with E-state index in [9.17, 15) is 4.79 Å². The van der Waals surface area contributed by atoms with Crippen molar-refractivity contribution in [2.24, 2.45) is 0 Å². The molecule has 0 aliphatic rings. The highest BCUT2D eigenvalue weighted by atomic mass is 16.3. The monoisotopic (exact) mass is 329 g/mol. The number of aliphatic hydroxyl groups excluding tert-OH is 2. The first-order valence-corrected chi connectivity index (χ1v) is 9.76. The highest BCUT2D eigenvalue weighted by molar-refractivity contribution is 5.76. The van der Waals surface area contributed by atoms with E-state index in [1.165, 1.54) is 70.6 Å². The standard InChI is InChI=1S/C19H39NO3/c1-2-3-4-5-6-7-8-9-10-11-12-13-14-15-20-19(23)16-18(22)17-21/h18,21-22H,2-17H2,1H3,(H,20,23)/t18-/m0/s1. The fourth-order valence-corrected chi connectivity index (χ4v) is 2.72. The average molecular weight is 330 g/mol.